The molecule has 0 fully saturated rings. The highest BCUT2D eigenvalue weighted by molar-refractivity contribution is 7.80. The highest BCUT2D eigenvalue weighted by Crippen LogP contribution is 2.26. The summed E-state index contributed by atoms with van der Waals surface area (Å²) >= 11 is 10.2. The van der Waals surface area contributed by atoms with E-state index < -0.39 is 0 Å². The van der Waals surface area contributed by atoms with E-state index in [2.05, 4.69) is 17.6 Å². The summed E-state index contributed by atoms with van der Waals surface area (Å²) in [6.07, 6.45) is 1.73. The van der Waals surface area contributed by atoms with E-state index in [1.54, 1.807) is 6.20 Å². The Morgan fingerprint density at radius 2 is 2.08 bits per heavy atom. The largest absolute Gasteiger partial charge is 0.255 e. The minimum atomic E-state index is 0.718. The predicted octanol–water partition coefficient (Wildman–Crippen LogP) is 3.18. The second-order valence-electron chi connectivity index (χ2n) is 2.47. The lowest BCUT2D eigenvalue weighted by Crippen LogP contribution is -1.79. The van der Waals surface area contributed by atoms with Gasteiger partial charge in [0.25, 0.3) is 0 Å². The van der Waals surface area contributed by atoms with Crippen LogP contribution in [0.15, 0.2) is 35.4 Å². The molecular formula is C9H6ClNS. The first kappa shape index (κ1) is 7.90. The van der Waals surface area contributed by atoms with Gasteiger partial charge in [-0.05, 0) is 24.3 Å². The van der Waals surface area contributed by atoms with E-state index in [0.717, 1.165) is 20.8 Å². The maximum Gasteiger partial charge on any atom is 0.0850 e. The van der Waals surface area contributed by atoms with Gasteiger partial charge in [-0.2, -0.15) is 0 Å². The molecule has 0 saturated carbocycles. The number of hydrogen-bond donors (Lipinski definition) is 1. The molecule has 0 bridgehead atoms. The Hall–Kier alpha value is -0.730. The predicted molar refractivity (Wildman–Crippen MR) is 54.0 cm³/mol. The van der Waals surface area contributed by atoms with Crippen molar-refractivity contribution in [2.24, 2.45) is 0 Å². The summed E-state index contributed by atoms with van der Waals surface area (Å²) in [7, 11) is 0. The van der Waals surface area contributed by atoms with Crippen molar-refractivity contribution in [3.05, 3.63) is 35.5 Å². The topological polar surface area (TPSA) is 12.9 Å². The van der Waals surface area contributed by atoms with Gasteiger partial charge in [0, 0.05) is 16.5 Å². The molecule has 3 heteroatoms. The normalized spacial score (nSPS) is 10.5. The molecule has 0 unspecified atom stereocenters. The lowest BCUT2D eigenvalue weighted by Gasteiger charge is -2.00. The van der Waals surface area contributed by atoms with Crippen LogP contribution in [0.4, 0.5) is 0 Å². The van der Waals surface area contributed by atoms with Crippen LogP contribution in [0.5, 0.6) is 0 Å². The Labute approximate surface area is 80.8 Å². The van der Waals surface area contributed by atoms with Crippen LogP contribution in [0, 0.1) is 0 Å². The van der Waals surface area contributed by atoms with Gasteiger partial charge in [0.2, 0.25) is 0 Å². The lowest BCUT2D eigenvalue weighted by atomic mass is 10.2. The van der Waals surface area contributed by atoms with Crippen LogP contribution in [0.1, 0.15) is 0 Å². The standard InChI is InChI=1S/C9H6ClNS/c10-7-3-4-8(12)9-6(7)2-1-5-11-9/h1-5,12H. The number of fused-ring (bicyclic) bond motifs is 1. The number of rotatable bonds is 0. The SMILES string of the molecule is Sc1ccc(Cl)c2cccnc12. The summed E-state index contributed by atoms with van der Waals surface area (Å²) in [5.74, 6) is 0. The van der Waals surface area contributed by atoms with Crippen LogP contribution in [0.3, 0.4) is 0 Å². The lowest BCUT2D eigenvalue weighted by molar-refractivity contribution is 1.36. The van der Waals surface area contributed by atoms with Crippen LogP contribution >= 0.6 is 24.2 Å². The minimum absolute atomic E-state index is 0.718. The van der Waals surface area contributed by atoms with Gasteiger partial charge in [-0.25, -0.2) is 0 Å². The molecular weight excluding hydrogens is 190 g/mol. The minimum Gasteiger partial charge on any atom is -0.255 e. The molecule has 1 aromatic carbocycles. The zero-order valence-electron chi connectivity index (χ0n) is 6.16. The fraction of sp³-hybridized carbons (Fsp3) is 0. The molecule has 2 aromatic rings. The third kappa shape index (κ3) is 1.17. The average molecular weight is 196 g/mol. The van der Waals surface area contributed by atoms with E-state index >= 15 is 0 Å². The van der Waals surface area contributed by atoms with Crippen LogP contribution < -0.4 is 0 Å². The van der Waals surface area contributed by atoms with E-state index in [0.29, 0.717) is 0 Å². The van der Waals surface area contributed by atoms with E-state index in [1.165, 1.54) is 0 Å². The molecule has 0 amide bonds. The highest BCUT2D eigenvalue weighted by atomic mass is 35.5. The zero-order valence-corrected chi connectivity index (χ0v) is 7.81. The quantitative estimate of drug-likeness (QED) is 0.638. The van der Waals surface area contributed by atoms with E-state index in [9.17, 15) is 0 Å². The number of pyridine rings is 1. The number of hydrogen-bond acceptors (Lipinski definition) is 2. The first-order valence-electron chi connectivity index (χ1n) is 3.51. The van der Waals surface area contributed by atoms with Crippen molar-refractivity contribution in [2.75, 3.05) is 0 Å². The monoisotopic (exact) mass is 195 g/mol. The van der Waals surface area contributed by atoms with Gasteiger partial charge >= 0.3 is 0 Å². The Morgan fingerprint density at radius 3 is 2.83 bits per heavy atom. The van der Waals surface area contributed by atoms with E-state index in [4.69, 9.17) is 11.6 Å². The summed E-state index contributed by atoms with van der Waals surface area (Å²) in [4.78, 5) is 5.04. The second-order valence-corrected chi connectivity index (χ2v) is 3.36. The maximum atomic E-state index is 5.96. The molecule has 1 nitrogen and oxygen atoms in total. The van der Waals surface area contributed by atoms with Crippen molar-refractivity contribution < 1.29 is 0 Å². The molecule has 12 heavy (non-hydrogen) atoms. The molecule has 0 N–H and O–H groups in total. The summed E-state index contributed by atoms with van der Waals surface area (Å²) in [5.41, 5.74) is 0.855. The van der Waals surface area contributed by atoms with Crippen LogP contribution in [0.25, 0.3) is 10.9 Å². The number of thiol groups is 1. The fourth-order valence-corrected chi connectivity index (χ4v) is 1.59. The molecule has 0 aliphatic rings. The molecule has 0 atom stereocenters. The number of benzene rings is 1. The van der Waals surface area contributed by atoms with Crippen molar-refractivity contribution in [3.63, 3.8) is 0 Å². The molecule has 0 radical (unpaired) electrons. The second kappa shape index (κ2) is 2.96. The molecule has 1 heterocycles. The first-order valence-corrected chi connectivity index (χ1v) is 4.34. The smallest absolute Gasteiger partial charge is 0.0850 e. The van der Waals surface area contributed by atoms with Gasteiger partial charge < -0.3 is 0 Å². The van der Waals surface area contributed by atoms with Gasteiger partial charge in [0.15, 0.2) is 0 Å². The fourth-order valence-electron chi connectivity index (χ4n) is 1.12. The number of nitrogens with zero attached hydrogens (tertiary/aromatic N) is 1. The Kier molecular flexibility index (Phi) is 1.95. The zero-order chi connectivity index (χ0) is 8.55. The third-order valence-corrected chi connectivity index (χ3v) is 2.39. The van der Waals surface area contributed by atoms with Crippen molar-refractivity contribution in [1.82, 2.24) is 4.98 Å². The first-order chi connectivity index (χ1) is 5.79. The van der Waals surface area contributed by atoms with Crippen molar-refractivity contribution in [1.29, 1.82) is 0 Å². The van der Waals surface area contributed by atoms with Crippen molar-refractivity contribution in [2.45, 2.75) is 4.90 Å². The van der Waals surface area contributed by atoms with Crippen molar-refractivity contribution >= 4 is 35.1 Å². The Bertz CT molecular complexity index is 387. The molecule has 0 saturated heterocycles. The average Bonchev–Trinajstić information content (AvgIpc) is 2.12. The van der Waals surface area contributed by atoms with Gasteiger partial charge in [0.1, 0.15) is 0 Å². The maximum absolute atomic E-state index is 5.96. The molecule has 2 rings (SSSR count). The summed E-state index contributed by atoms with van der Waals surface area (Å²) in [5, 5.41) is 1.67. The number of halogens is 1. The van der Waals surface area contributed by atoms with Gasteiger partial charge in [-0.15, -0.1) is 12.6 Å². The van der Waals surface area contributed by atoms with Gasteiger partial charge in [-0.1, -0.05) is 11.6 Å². The van der Waals surface area contributed by atoms with Gasteiger partial charge in [-0.3, -0.25) is 4.98 Å². The Morgan fingerprint density at radius 1 is 1.25 bits per heavy atom. The third-order valence-electron chi connectivity index (χ3n) is 1.70. The summed E-state index contributed by atoms with van der Waals surface area (Å²) < 4.78 is 0. The summed E-state index contributed by atoms with van der Waals surface area (Å²) in [6, 6.07) is 7.47. The van der Waals surface area contributed by atoms with Gasteiger partial charge in [0.05, 0.1) is 10.5 Å². The molecule has 0 spiro atoms. The van der Waals surface area contributed by atoms with Crippen LogP contribution in [0.2, 0.25) is 5.02 Å². The summed E-state index contributed by atoms with van der Waals surface area (Å²) in [6.45, 7) is 0. The molecule has 0 aliphatic carbocycles. The number of aromatic nitrogens is 1. The van der Waals surface area contributed by atoms with Crippen LogP contribution in [-0.2, 0) is 0 Å². The van der Waals surface area contributed by atoms with E-state index in [1.807, 2.05) is 24.3 Å². The van der Waals surface area contributed by atoms with Crippen molar-refractivity contribution in [3.8, 4) is 0 Å². The van der Waals surface area contributed by atoms with E-state index in [-0.39, 0.29) is 0 Å². The van der Waals surface area contributed by atoms with Crippen LogP contribution in [-0.4, -0.2) is 4.98 Å². The molecule has 0 aliphatic heterocycles. The Balaban J connectivity index is 2.95. The molecule has 1 aromatic heterocycles. The molecule has 60 valence electrons. The highest BCUT2D eigenvalue weighted by Gasteiger charge is 2.01.